The Bertz CT molecular complexity index is 1860. The number of ether oxygens (including phenoxy) is 2. The van der Waals surface area contributed by atoms with Gasteiger partial charge in [0, 0.05) is 18.7 Å². The van der Waals surface area contributed by atoms with Crippen LogP contribution in [-0.4, -0.2) is 47.9 Å². The SMILES string of the molecule is CC(C)(C)c1ccccc1C(=O)Nc1ccccc1NC(=O)C1CCCN(/C(=N/C(=O)OCc2ccccc2)NC(=O)OCc2ccccc2)C1. The van der Waals surface area contributed by atoms with Crippen molar-refractivity contribution in [3.05, 3.63) is 131 Å². The van der Waals surface area contributed by atoms with Crippen molar-refractivity contribution in [2.24, 2.45) is 10.9 Å². The molecule has 1 unspecified atom stereocenters. The third-order valence-electron chi connectivity index (χ3n) is 8.33. The lowest BCUT2D eigenvalue weighted by atomic mass is 9.83. The summed E-state index contributed by atoms with van der Waals surface area (Å²) in [6, 6.07) is 32.8. The average Bonchev–Trinajstić information content (AvgIpc) is 3.14. The van der Waals surface area contributed by atoms with Crippen molar-refractivity contribution in [2.75, 3.05) is 23.7 Å². The summed E-state index contributed by atoms with van der Waals surface area (Å²) in [6.07, 6.45) is -0.571. The molecule has 0 aromatic heterocycles. The molecule has 1 fully saturated rings. The molecule has 0 bridgehead atoms. The van der Waals surface area contributed by atoms with E-state index in [1.54, 1.807) is 35.2 Å². The van der Waals surface area contributed by atoms with Crippen molar-refractivity contribution in [3.8, 4) is 0 Å². The third-order valence-corrected chi connectivity index (χ3v) is 8.33. The van der Waals surface area contributed by atoms with Gasteiger partial charge in [0.05, 0.1) is 17.3 Å². The van der Waals surface area contributed by atoms with Gasteiger partial charge in [-0.3, -0.25) is 14.9 Å². The number of carbonyl (C=O) groups excluding carboxylic acids is 4. The van der Waals surface area contributed by atoms with Crippen LogP contribution < -0.4 is 16.0 Å². The number of guanidine groups is 1. The van der Waals surface area contributed by atoms with Gasteiger partial charge >= 0.3 is 12.2 Å². The third kappa shape index (κ3) is 10.5. The minimum atomic E-state index is -0.901. The maximum atomic E-state index is 13.7. The molecule has 1 aliphatic heterocycles. The van der Waals surface area contributed by atoms with Crippen molar-refractivity contribution in [3.63, 3.8) is 0 Å². The van der Waals surface area contributed by atoms with Crippen LogP contribution in [0.3, 0.4) is 0 Å². The van der Waals surface area contributed by atoms with Crippen molar-refractivity contribution >= 4 is 41.3 Å². The average molecular weight is 690 g/mol. The summed E-state index contributed by atoms with van der Waals surface area (Å²) in [6.45, 7) is 6.74. The number of piperidine rings is 1. The first kappa shape index (κ1) is 36.3. The van der Waals surface area contributed by atoms with E-state index in [0.29, 0.717) is 36.3 Å². The fourth-order valence-corrected chi connectivity index (χ4v) is 5.71. The van der Waals surface area contributed by atoms with Gasteiger partial charge in [0.1, 0.15) is 13.2 Å². The predicted octanol–water partition coefficient (Wildman–Crippen LogP) is 7.51. The second-order valence-electron chi connectivity index (χ2n) is 13.2. The molecule has 4 aromatic rings. The van der Waals surface area contributed by atoms with Crippen molar-refractivity contribution in [2.45, 2.75) is 52.2 Å². The molecular weight excluding hydrogens is 646 g/mol. The van der Waals surface area contributed by atoms with E-state index in [1.165, 1.54) is 0 Å². The number of aliphatic imine (C=N–C) groups is 1. The fourth-order valence-electron chi connectivity index (χ4n) is 5.71. The number of para-hydroxylation sites is 2. The number of likely N-dealkylation sites (tertiary alicyclic amines) is 1. The number of amides is 4. The van der Waals surface area contributed by atoms with Crippen LogP contribution in [0.1, 0.15) is 60.7 Å². The van der Waals surface area contributed by atoms with E-state index in [-0.39, 0.29) is 42.9 Å². The lowest BCUT2D eigenvalue weighted by Crippen LogP contribution is -2.50. The summed E-state index contributed by atoms with van der Waals surface area (Å²) < 4.78 is 10.7. The highest BCUT2D eigenvalue weighted by Gasteiger charge is 2.30. The van der Waals surface area contributed by atoms with Crippen LogP contribution in [0.25, 0.3) is 0 Å². The number of alkyl carbamates (subject to hydrolysis) is 1. The monoisotopic (exact) mass is 689 g/mol. The molecule has 4 amide bonds. The lowest BCUT2D eigenvalue weighted by Gasteiger charge is -2.33. The largest absolute Gasteiger partial charge is 0.444 e. The topological polar surface area (TPSA) is 138 Å². The van der Waals surface area contributed by atoms with Gasteiger partial charge < -0.3 is 25.0 Å². The predicted molar refractivity (Wildman–Crippen MR) is 196 cm³/mol. The number of nitrogens with zero attached hydrogens (tertiary/aromatic N) is 2. The maximum Gasteiger partial charge on any atom is 0.437 e. The molecule has 1 heterocycles. The van der Waals surface area contributed by atoms with E-state index in [4.69, 9.17) is 9.47 Å². The zero-order valence-corrected chi connectivity index (χ0v) is 29.1. The van der Waals surface area contributed by atoms with Gasteiger partial charge in [-0.25, -0.2) is 9.59 Å². The normalized spacial score (nSPS) is 14.6. The Kier molecular flexibility index (Phi) is 12.2. The van der Waals surface area contributed by atoms with E-state index < -0.39 is 18.1 Å². The Balaban J connectivity index is 1.28. The van der Waals surface area contributed by atoms with Gasteiger partial charge in [0.25, 0.3) is 5.91 Å². The minimum Gasteiger partial charge on any atom is -0.444 e. The molecule has 11 nitrogen and oxygen atoms in total. The molecule has 0 saturated carbocycles. The van der Waals surface area contributed by atoms with E-state index in [0.717, 1.165) is 16.7 Å². The second kappa shape index (κ2) is 17.1. The standard InChI is InChI=1S/C40H43N5O6/c1-40(2,3)32-21-11-10-20-31(32)36(47)42-34-23-13-12-22-33(34)41-35(46)30-19-14-24-45(25-30)37(43-38(48)50-26-28-15-6-4-7-16-28)44-39(49)51-27-29-17-8-5-9-18-29/h4-13,15-18,20-23,30H,14,19,24-27H2,1-3H3,(H,41,46)(H,42,47)(H,43,44,48,49). The summed E-state index contributed by atoms with van der Waals surface area (Å²) in [5.41, 5.74) is 3.69. The Hall–Kier alpha value is -5.97. The van der Waals surface area contributed by atoms with Gasteiger partial charge in [-0.15, -0.1) is 4.99 Å². The van der Waals surface area contributed by atoms with Crippen molar-refractivity contribution in [1.82, 2.24) is 10.2 Å². The Morgan fingerprint density at radius 1 is 0.745 bits per heavy atom. The van der Waals surface area contributed by atoms with E-state index in [9.17, 15) is 19.2 Å². The molecule has 0 radical (unpaired) electrons. The van der Waals surface area contributed by atoms with Gasteiger partial charge in [0.2, 0.25) is 11.9 Å². The van der Waals surface area contributed by atoms with Gasteiger partial charge in [0.15, 0.2) is 0 Å². The van der Waals surface area contributed by atoms with Crippen molar-refractivity contribution < 1.29 is 28.7 Å². The molecule has 4 aromatic carbocycles. The number of benzene rings is 4. The van der Waals surface area contributed by atoms with Crippen LogP contribution in [-0.2, 0) is 32.9 Å². The van der Waals surface area contributed by atoms with Crippen LogP contribution >= 0.6 is 0 Å². The van der Waals surface area contributed by atoms with E-state index in [2.05, 4.69) is 20.9 Å². The van der Waals surface area contributed by atoms with E-state index in [1.807, 2.05) is 99.6 Å². The van der Waals surface area contributed by atoms with Crippen LogP contribution in [0, 0.1) is 5.92 Å². The molecule has 1 atom stereocenters. The molecule has 3 N–H and O–H groups in total. The summed E-state index contributed by atoms with van der Waals surface area (Å²) in [4.78, 5) is 58.6. The quantitative estimate of drug-likeness (QED) is 0.129. The molecule has 1 aliphatic rings. The number of carbonyl (C=O) groups is 4. The Morgan fingerprint density at radius 2 is 1.31 bits per heavy atom. The second-order valence-corrected chi connectivity index (χ2v) is 13.2. The maximum absolute atomic E-state index is 13.7. The van der Waals surface area contributed by atoms with E-state index >= 15 is 0 Å². The molecule has 0 spiro atoms. The molecule has 1 saturated heterocycles. The van der Waals surface area contributed by atoms with Gasteiger partial charge in [-0.05, 0) is 53.1 Å². The highest BCUT2D eigenvalue weighted by Crippen LogP contribution is 2.29. The van der Waals surface area contributed by atoms with Gasteiger partial charge in [-0.1, -0.05) is 112 Å². The number of anilines is 2. The highest BCUT2D eigenvalue weighted by atomic mass is 16.6. The van der Waals surface area contributed by atoms with Crippen LogP contribution in [0.15, 0.2) is 114 Å². The lowest BCUT2D eigenvalue weighted by molar-refractivity contribution is -0.121. The summed E-state index contributed by atoms with van der Waals surface area (Å²) in [5.74, 6) is -1.17. The molecule has 5 rings (SSSR count). The zero-order valence-electron chi connectivity index (χ0n) is 29.1. The molecular formula is C40H43N5O6. The smallest absolute Gasteiger partial charge is 0.437 e. The fraction of sp³-hybridized carbons (Fsp3) is 0.275. The zero-order chi connectivity index (χ0) is 36.2. The first-order chi connectivity index (χ1) is 24.6. The molecule has 264 valence electrons. The Morgan fingerprint density at radius 3 is 1.96 bits per heavy atom. The number of rotatable bonds is 8. The first-order valence-electron chi connectivity index (χ1n) is 16.9. The number of nitrogens with one attached hydrogen (secondary N) is 3. The summed E-state index contributed by atoms with van der Waals surface area (Å²) in [7, 11) is 0. The molecule has 11 heteroatoms. The molecule has 51 heavy (non-hydrogen) atoms. The van der Waals surface area contributed by atoms with Crippen molar-refractivity contribution in [1.29, 1.82) is 0 Å². The van der Waals surface area contributed by atoms with Gasteiger partial charge in [-0.2, -0.15) is 0 Å². The highest BCUT2D eigenvalue weighted by molar-refractivity contribution is 6.08. The first-order valence-corrected chi connectivity index (χ1v) is 16.9. The summed E-state index contributed by atoms with van der Waals surface area (Å²) in [5, 5.41) is 8.54. The summed E-state index contributed by atoms with van der Waals surface area (Å²) >= 11 is 0. The Labute approximate surface area is 298 Å². The van der Waals surface area contributed by atoms with Crippen LogP contribution in [0.5, 0.6) is 0 Å². The van der Waals surface area contributed by atoms with Crippen LogP contribution in [0.2, 0.25) is 0 Å². The number of hydrogen-bond acceptors (Lipinski definition) is 6. The molecule has 0 aliphatic carbocycles. The minimum absolute atomic E-state index is 0.00231. The van der Waals surface area contributed by atoms with Crippen LogP contribution in [0.4, 0.5) is 21.0 Å². The number of hydrogen-bond donors (Lipinski definition) is 3.